The molecule has 0 radical (unpaired) electrons. The van der Waals surface area contributed by atoms with E-state index in [1.54, 1.807) is 18.4 Å². The monoisotopic (exact) mass is 414 g/mol. The molecule has 2 aromatic heterocycles. The van der Waals surface area contributed by atoms with Crippen molar-refractivity contribution in [3.05, 3.63) is 46.4 Å². The lowest BCUT2D eigenvalue weighted by molar-refractivity contribution is -0.136. The SMILES string of the molecule is COc1ccsc1CNCC(C)C1(Cc2ccccn2)CCOC2(CCCC2)C1. The number of hydrogen-bond donors (Lipinski definition) is 1. The Labute approximate surface area is 179 Å². The van der Waals surface area contributed by atoms with Crippen LogP contribution in [-0.4, -0.2) is 30.8 Å². The fraction of sp³-hybridized carbons (Fsp3) is 0.625. The fourth-order valence-electron chi connectivity index (χ4n) is 5.46. The maximum Gasteiger partial charge on any atom is 0.134 e. The zero-order valence-electron chi connectivity index (χ0n) is 17.8. The van der Waals surface area contributed by atoms with Gasteiger partial charge in [-0.15, -0.1) is 11.3 Å². The Kier molecular flexibility index (Phi) is 6.57. The van der Waals surface area contributed by atoms with Crippen LogP contribution in [0, 0.1) is 11.3 Å². The van der Waals surface area contributed by atoms with Gasteiger partial charge in [-0.05, 0) is 73.6 Å². The van der Waals surface area contributed by atoms with Gasteiger partial charge in [0.2, 0.25) is 0 Å². The number of aromatic nitrogens is 1. The molecule has 2 aliphatic rings. The van der Waals surface area contributed by atoms with Crippen LogP contribution in [0.2, 0.25) is 0 Å². The second-order valence-electron chi connectivity index (χ2n) is 8.97. The molecule has 1 aliphatic carbocycles. The van der Waals surface area contributed by atoms with E-state index in [0.717, 1.165) is 38.3 Å². The van der Waals surface area contributed by atoms with Gasteiger partial charge in [0, 0.05) is 25.0 Å². The third-order valence-corrected chi connectivity index (χ3v) is 8.06. The molecule has 1 aliphatic heterocycles. The van der Waals surface area contributed by atoms with Crippen LogP contribution < -0.4 is 10.1 Å². The van der Waals surface area contributed by atoms with Crippen molar-refractivity contribution in [2.75, 3.05) is 20.3 Å². The van der Waals surface area contributed by atoms with Crippen LogP contribution in [0.15, 0.2) is 35.8 Å². The van der Waals surface area contributed by atoms with E-state index < -0.39 is 0 Å². The number of thiophene rings is 1. The van der Waals surface area contributed by atoms with Crippen LogP contribution in [0.25, 0.3) is 0 Å². The molecule has 29 heavy (non-hydrogen) atoms. The Morgan fingerprint density at radius 3 is 2.86 bits per heavy atom. The summed E-state index contributed by atoms with van der Waals surface area (Å²) in [4.78, 5) is 5.96. The summed E-state index contributed by atoms with van der Waals surface area (Å²) in [7, 11) is 1.75. The highest BCUT2D eigenvalue weighted by atomic mass is 32.1. The largest absolute Gasteiger partial charge is 0.496 e. The first-order valence-electron chi connectivity index (χ1n) is 11.0. The molecule has 2 fully saturated rings. The van der Waals surface area contributed by atoms with Gasteiger partial charge >= 0.3 is 0 Å². The van der Waals surface area contributed by atoms with E-state index in [9.17, 15) is 0 Å². The number of nitrogens with one attached hydrogen (secondary N) is 1. The predicted octanol–water partition coefficient (Wildman–Crippen LogP) is 5.23. The highest BCUT2D eigenvalue weighted by molar-refractivity contribution is 7.10. The average Bonchev–Trinajstić information content (AvgIpc) is 3.38. The molecule has 4 nitrogen and oxygen atoms in total. The molecule has 1 saturated carbocycles. The lowest BCUT2D eigenvalue weighted by Gasteiger charge is -2.50. The van der Waals surface area contributed by atoms with E-state index >= 15 is 0 Å². The van der Waals surface area contributed by atoms with Gasteiger partial charge in [0.25, 0.3) is 0 Å². The van der Waals surface area contributed by atoms with Crippen molar-refractivity contribution >= 4 is 11.3 Å². The highest BCUT2D eigenvalue weighted by Gasteiger charge is 2.49. The van der Waals surface area contributed by atoms with Crippen LogP contribution in [0.5, 0.6) is 5.75 Å². The average molecular weight is 415 g/mol. The topological polar surface area (TPSA) is 43.4 Å². The number of rotatable bonds is 8. The smallest absolute Gasteiger partial charge is 0.134 e. The van der Waals surface area contributed by atoms with Crippen LogP contribution in [0.1, 0.15) is 56.0 Å². The minimum Gasteiger partial charge on any atom is -0.496 e. The minimum absolute atomic E-state index is 0.109. The molecular weight excluding hydrogens is 380 g/mol. The van der Waals surface area contributed by atoms with Crippen molar-refractivity contribution in [2.45, 2.75) is 64.0 Å². The summed E-state index contributed by atoms with van der Waals surface area (Å²) in [6.07, 6.45) is 10.3. The van der Waals surface area contributed by atoms with Crippen LogP contribution in [0.4, 0.5) is 0 Å². The number of ether oxygens (including phenoxy) is 2. The maximum absolute atomic E-state index is 6.41. The zero-order chi connectivity index (χ0) is 20.2. The summed E-state index contributed by atoms with van der Waals surface area (Å²) in [5.41, 5.74) is 1.57. The Morgan fingerprint density at radius 1 is 1.24 bits per heavy atom. The van der Waals surface area contributed by atoms with Gasteiger partial charge in [-0.2, -0.15) is 0 Å². The van der Waals surface area contributed by atoms with E-state index in [1.165, 1.54) is 42.7 Å². The van der Waals surface area contributed by atoms with Crippen molar-refractivity contribution in [3.63, 3.8) is 0 Å². The highest BCUT2D eigenvalue weighted by Crippen LogP contribution is 2.51. The van der Waals surface area contributed by atoms with Crippen molar-refractivity contribution in [1.82, 2.24) is 10.3 Å². The first kappa shape index (κ1) is 20.8. The Balaban J connectivity index is 1.48. The lowest BCUT2D eigenvalue weighted by atomic mass is 9.63. The molecule has 1 N–H and O–H groups in total. The third-order valence-electron chi connectivity index (χ3n) is 7.16. The number of methoxy groups -OCH3 is 1. The molecule has 158 valence electrons. The predicted molar refractivity (Wildman–Crippen MR) is 119 cm³/mol. The van der Waals surface area contributed by atoms with Gasteiger partial charge in [-0.25, -0.2) is 0 Å². The molecule has 5 heteroatoms. The lowest BCUT2D eigenvalue weighted by Crippen LogP contribution is -2.49. The summed E-state index contributed by atoms with van der Waals surface area (Å²) in [6.45, 7) is 5.18. The Hall–Kier alpha value is -1.43. The van der Waals surface area contributed by atoms with Crippen LogP contribution >= 0.6 is 11.3 Å². The first-order valence-corrected chi connectivity index (χ1v) is 11.9. The van der Waals surface area contributed by atoms with Gasteiger partial charge in [0.05, 0.1) is 17.6 Å². The standard InChI is InChI=1S/C24H34N2O2S/c1-19(16-25-17-22-21(27-2)8-14-29-22)23(15-20-7-3-6-12-26-20)11-13-28-24(18-23)9-4-5-10-24/h3,6-8,12,14,19,25H,4-5,9-11,13,15-18H2,1-2H3. The second kappa shape index (κ2) is 9.15. The second-order valence-corrected chi connectivity index (χ2v) is 9.97. The molecule has 0 amide bonds. The quantitative estimate of drug-likeness (QED) is 0.642. The molecule has 1 saturated heterocycles. The zero-order valence-corrected chi connectivity index (χ0v) is 18.6. The third kappa shape index (κ3) is 4.68. The molecule has 1 spiro atoms. The summed E-state index contributed by atoms with van der Waals surface area (Å²) in [6, 6.07) is 8.37. The summed E-state index contributed by atoms with van der Waals surface area (Å²) in [5.74, 6) is 1.55. The first-order chi connectivity index (χ1) is 14.1. The molecule has 2 unspecified atom stereocenters. The normalized spacial score (nSPS) is 24.6. The van der Waals surface area contributed by atoms with Crippen molar-refractivity contribution < 1.29 is 9.47 Å². The van der Waals surface area contributed by atoms with Crippen LogP contribution in [-0.2, 0) is 17.7 Å². The van der Waals surface area contributed by atoms with E-state index in [1.807, 2.05) is 12.3 Å². The molecule has 2 aromatic rings. The summed E-state index contributed by atoms with van der Waals surface area (Å²) in [5, 5.41) is 5.82. The van der Waals surface area contributed by atoms with Gasteiger partial charge < -0.3 is 14.8 Å². The van der Waals surface area contributed by atoms with Gasteiger partial charge in [-0.1, -0.05) is 25.8 Å². The van der Waals surface area contributed by atoms with Gasteiger partial charge in [0.1, 0.15) is 5.75 Å². The van der Waals surface area contributed by atoms with Crippen molar-refractivity contribution in [1.29, 1.82) is 0 Å². The number of nitrogens with zero attached hydrogens (tertiary/aromatic N) is 1. The van der Waals surface area contributed by atoms with Crippen LogP contribution in [0.3, 0.4) is 0 Å². The Bertz CT molecular complexity index is 772. The van der Waals surface area contributed by atoms with E-state index in [0.29, 0.717) is 5.92 Å². The number of pyridine rings is 1. The van der Waals surface area contributed by atoms with Gasteiger partial charge in [0.15, 0.2) is 0 Å². The van der Waals surface area contributed by atoms with E-state index in [-0.39, 0.29) is 11.0 Å². The molecule has 2 atom stereocenters. The Morgan fingerprint density at radius 2 is 2.10 bits per heavy atom. The maximum atomic E-state index is 6.41. The van der Waals surface area contributed by atoms with E-state index in [2.05, 4.69) is 40.8 Å². The molecule has 4 rings (SSSR count). The number of hydrogen-bond acceptors (Lipinski definition) is 5. The minimum atomic E-state index is 0.109. The molecule has 0 aromatic carbocycles. The van der Waals surface area contributed by atoms with Gasteiger partial charge in [-0.3, -0.25) is 4.98 Å². The molecular formula is C24H34N2O2S. The molecule has 3 heterocycles. The summed E-state index contributed by atoms with van der Waals surface area (Å²) >= 11 is 1.76. The fourth-order valence-corrected chi connectivity index (χ4v) is 6.27. The summed E-state index contributed by atoms with van der Waals surface area (Å²) < 4.78 is 11.9. The van der Waals surface area contributed by atoms with E-state index in [4.69, 9.17) is 9.47 Å². The van der Waals surface area contributed by atoms with Crippen molar-refractivity contribution in [3.8, 4) is 5.75 Å². The van der Waals surface area contributed by atoms with Crippen molar-refractivity contribution in [2.24, 2.45) is 11.3 Å². The molecule has 0 bridgehead atoms.